The van der Waals surface area contributed by atoms with Gasteiger partial charge in [-0.3, -0.25) is 9.78 Å². The van der Waals surface area contributed by atoms with Crippen molar-refractivity contribution in [3.8, 4) is 0 Å². The van der Waals surface area contributed by atoms with Crippen molar-refractivity contribution in [3.05, 3.63) is 29.6 Å². The van der Waals surface area contributed by atoms with Gasteiger partial charge in [-0.25, -0.2) is 0 Å². The van der Waals surface area contributed by atoms with Gasteiger partial charge >= 0.3 is 6.18 Å². The number of carbonyl (C=O) groups is 1. The molecule has 0 radical (unpaired) electrons. The van der Waals surface area contributed by atoms with Crippen LogP contribution in [0, 0.1) is 6.92 Å². The van der Waals surface area contributed by atoms with E-state index < -0.39 is 25.3 Å². The number of nitrogens with zero attached hydrogens (tertiary/aromatic N) is 1. The number of carbonyl (C=O) groups excluding carboxylic acids is 1. The monoisotopic (exact) mass is 262 g/mol. The highest BCUT2D eigenvalue weighted by molar-refractivity contribution is 5.77. The fourth-order valence-electron chi connectivity index (χ4n) is 1.20. The minimum absolute atomic E-state index is 0.163. The highest BCUT2D eigenvalue weighted by Crippen LogP contribution is 2.14. The molecule has 1 heterocycles. The maximum Gasteiger partial charge on any atom is 0.411 e. The lowest BCUT2D eigenvalue weighted by atomic mass is 10.3. The van der Waals surface area contributed by atoms with Crippen LogP contribution in [0.3, 0.4) is 0 Å². The molecule has 0 aliphatic rings. The first-order valence-electron chi connectivity index (χ1n) is 5.20. The van der Waals surface area contributed by atoms with Gasteiger partial charge in [0.15, 0.2) is 0 Å². The van der Waals surface area contributed by atoms with E-state index in [2.05, 4.69) is 15.0 Å². The molecule has 4 nitrogen and oxygen atoms in total. The van der Waals surface area contributed by atoms with Gasteiger partial charge in [0.1, 0.15) is 13.2 Å². The summed E-state index contributed by atoms with van der Waals surface area (Å²) in [6, 6.07) is 5.30. The first kappa shape index (κ1) is 14.4. The number of pyridine rings is 1. The summed E-state index contributed by atoms with van der Waals surface area (Å²) in [7, 11) is 0. The second-order valence-electron chi connectivity index (χ2n) is 3.66. The molecule has 100 valence electrons. The fraction of sp³-hybridized carbons (Fsp3) is 0.455. The summed E-state index contributed by atoms with van der Waals surface area (Å²) >= 11 is 0. The van der Waals surface area contributed by atoms with Gasteiger partial charge in [-0.1, -0.05) is 6.07 Å². The Kier molecular flexibility index (Phi) is 5.08. The third kappa shape index (κ3) is 6.19. The Morgan fingerprint density at radius 3 is 2.78 bits per heavy atom. The van der Waals surface area contributed by atoms with Gasteiger partial charge in [-0.05, 0) is 19.1 Å². The van der Waals surface area contributed by atoms with Crippen LogP contribution in [0.4, 0.5) is 13.2 Å². The van der Waals surface area contributed by atoms with Crippen LogP contribution in [0.15, 0.2) is 18.2 Å². The van der Waals surface area contributed by atoms with Gasteiger partial charge < -0.3 is 10.1 Å². The minimum atomic E-state index is -4.42. The van der Waals surface area contributed by atoms with Crippen molar-refractivity contribution < 1.29 is 22.7 Å². The average Bonchev–Trinajstić information content (AvgIpc) is 2.25. The van der Waals surface area contributed by atoms with Crippen LogP contribution >= 0.6 is 0 Å². The quantitative estimate of drug-likeness (QED) is 0.876. The summed E-state index contributed by atoms with van der Waals surface area (Å²) in [6.07, 6.45) is -4.42. The van der Waals surface area contributed by atoms with Gasteiger partial charge in [0.2, 0.25) is 5.91 Å². The normalized spacial score (nSPS) is 11.3. The molecule has 1 rings (SSSR count). The Bertz CT molecular complexity index is 408. The van der Waals surface area contributed by atoms with E-state index in [9.17, 15) is 18.0 Å². The number of aromatic nitrogens is 1. The number of nitrogens with one attached hydrogen (secondary N) is 1. The smallest absolute Gasteiger partial charge is 0.362 e. The van der Waals surface area contributed by atoms with E-state index >= 15 is 0 Å². The molecule has 1 aromatic heterocycles. The molecule has 0 saturated carbocycles. The highest BCUT2D eigenvalue weighted by Gasteiger charge is 2.27. The molecule has 0 bridgehead atoms. The van der Waals surface area contributed by atoms with Crippen LogP contribution in [0.5, 0.6) is 0 Å². The average molecular weight is 262 g/mol. The van der Waals surface area contributed by atoms with Crippen LogP contribution in [-0.4, -0.2) is 30.3 Å². The summed E-state index contributed by atoms with van der Waals surface area (Å²) in [5.41, 5.74) is 1.44. The number of hydrogen-bond acceptors (Lipinski definition) is 3. The maximum absolute atomic E-state index is 11.7. The Morgan fingerprint density at radius 2 is 2.17 bits per heavy atom. The third-order valence-corrected chi connectivity index (χ3v) is 1.91. The zero-order chi connectivity index (χ0) is 13.6. The summed E-state index contributed by atoms with van der Waals surface area (Å²) in [4.78, 5) is 15.3. The van der Waals surface area contributed by atoms with Gasteiger partial charge in [0.25, 0.3) is 0 Å². The molecule has 7 heteroatoms. The topological polar surface area (TPSA) is 51.2 Å². The molecule has 0 fully saturated rings. The van der Waals surface area contributed by atoms with Crippen LogP contribution in [0.25, 0.3) is 0 Å². The van der Waals surface area contributed by atoms with Gasteiger partial charge in [-0.15, -0.1) is 0 Å². The third-order valence-electron chi connectivity index (χ3n) is 1.91. The zero-order valence-corrected chi connectivity index (χ0v) is 9.75. The van der Waals surface area contributed by atoms with E-state index in [0.717, 1.165) is 5.69 Å². The van der Waals surface area contributed by atoms with E-state index in [-0.39, 0.29) is 6.54 Å². The Balaban J connectivity index is 2.25. The van der Waals surface area contributed by atoms with Gasteiger partial charge in [0, 0.05) is 5.69 Å². The number of ether oxygens (including phenoxy) is 1. The molecule has 18 heavy (non-hydrogen) atoms. The molecule has 0 spiro atoms. The van der Waals surface area contributed by atoms with E-state index in [1.807, 2.05) is 0 Å². The van der Waals surface area contributed by atoms with E-state index in [0.29, 0.717) is 5.69 Å². The SMILES string of the molecule is Cc1cccc(CNC(=O)COCC(F)(F)F)n1. The van der Waals surface area contributed by atoms with Crippen molar-refractivity contribution in [3.63, 3.8) is 0 Å². The Labute approximate surface area is 102 Å². The molecule has 0 saturated heterocycles. The lowest BCUT2D eigenvalue weighted by Crippen LogP contribution is -2.29. The second-order valence-corrected chi connectivity index (χ2v) is 3.66. The van der Waals surface area contributed by atoms with E-state index in [1.165, 1.54) is 0 Å². The number of amides is 1. The summed E-state index contributed by atoms with van der Waals surface area (Å²) in [5.74, 6) is -0.609. The Hall–Kier alpha value is -1.63. The van der Waals surface area contributed by atoms with E-state index in [4.69, 9.17) is 0 Å². The number of aryl methyl sites for hydroxylation is 1. The van der Waals surface area contributed by atoms with Crippen LogP contribution in [0.1, 0.15) is 11.4 Å². The molecular weight excluding hydrogens is 249 g/mol. The molecule has 0 atom stereocenters. The van der Waals surface area contributed by atoms with Gasteiger partial charge in [-0.2, -0.15) is 13.2 Å². The van der Waals surface area contributed by atoms with Crippen molar-refractivity contribution in [2.45, 2.75) is 19.6 Å². The molecule has 0 aliphatic heterocycles. The molecule has 0 aromatic carbocycles. The van der Waals surface area contributed by atoms with Crippen molar-refractivity contribution in [1.29, 1.82) is 0 Å². The van der Waals surface area contributed by atoms with Crippen molar-refractivity contribution in [2.75, 3.05) is 13.2 Å². The Morgan fingerprint density at radius 1 is 1.44 bits per heavy atom. The molecule has 1 amide bonds. The number of alkyl halides is 3. The van der Waals surface area contributed by atoms with Crippen molar-refractivity contribution >= 4 is 5.91 Å². The fourth-order valence-corrected chi connectivity index (χ4v) is 1.20. The second kappa shape index (κ2) is 6.34. The predicted molar refractivity (Wildman–Crippen MR) is 57.7 cm³/mol. The van der Waals surface area contributed by atoms with Gasteiger partial charge in [0.05, 0.1) is 12.2 Å². The standard InChI is InChI=1S/C11H13F3N2O2/c1-8-3-2-4-9(16-8)5-15-10(17)6-18-7-11(12,13)14/h2-4H,5-7H2,1H3,(H,15,17). The number of halogens is 3. The van der Waals surface area contributed by atoms with E-state index in [1.54, 1.807) is 25.1 Å². The maximum atomic E-state index is 11.7. The molecule has 0 aliphatic carbocycles. The highest BCUT2D eigenvalue weighted by atomic mass is 19.4. The summed E-state index contributed by atoms with van der Waals surface area (Å²) in [5, 5.41) is 2.42. The zero-order valence-electron chi connectivity index (χ0n) is 9.75. The van der Waals surface area contributed by atoms with Crippen LogP contribution < -0.4 is 5.32 Å². The molecule has 1 aromatic rings. The number of rotatable bonds is 5. The summed E-state index contributed by atoms with van der Waals surface area (Å²) in [6.45, 7) is -0.0813. The van der Waals surface area contributed by atoms with Crippen LogP contribution in [-0.2, 0) is 16.1 Å². The largest absolute Gasteiger partial charge is 0.411 e. The lowest BCUT2D eigenvalue weighted by Gasteiger charge is -2.08. The summed E-state index contributed by atoms with van der Waals surface area (Å²) < 4.78 is 39.4. The first-order chi connectivity index (χ1) is 8.37. The molecule has 0 unspecified atom stereocenters. The first-order valence-corrected chi connectivity index (χ1v) is 5.20. The minimum Gasteiger partial charge on any atom is -0.362 e. The molecular formula is C11H13F3N2O2. The predicted octanol–water partition coefficient (Wildman–Crippen LogP) is 1.59. The van der Waals surface area contributed by atoms with Crippen molar-refractivity contribution in [1.82, 2.24) is 10.3 Å². The van der Waals surface area contributed by atoms with Crippen molar-refractivity contribution in [2.24, 2.45) is 0 Å². The number of hydrogen-bond donors (Lipinski definition) is 1. The molecule has 1 N–H and O–H groups in total. The lowest BCUT2D eigenvalue weighted by molar-refractivity contribution is -0.175. The van der Waals surface area contributed by atoms with Crippen LogP contribution in [0.2, 0.25) is 0 Å².